The Hall–Kier alpha value is -0.380. The summed E-state index contributed by atoms with van der Waals surface area (Å²) in [7, 11) is 0. The van der Waals surface area contributed by atoms with E-state index in [4.69, 9.17) is 0 Å². The third-order valence-corrected chi connectivity index (χ3v) is 3.86. The molecule has 2 atom stereocenters. The van der Waals surface area contributed by atoms with Crippen molar-refractivity contribution in [2.24, 2.45) is 0 Å². The average molecular weight is 210 g/mol. The minimum Gasteiger partial charge on any atom is -0.313 e. The average Bonchev–Trinajstić information content (AvgIpc) is 2.87. The van der Waals surface area contributed by atoms with E-state index >= 15 is 0 Å². The van der Waals surface area contributed by atoms with Gasteiger partial charge >= 0.3 is 0 Å². The van der Waals surface area contributed by atoms with Gasteiger partial charge in [0.1, 0.15) is 0 Å². The Labute approximate surface area is 89.7 Å². The van der Waals surface area contributed by atoms with Crippen molar-refractivity contribution in [1.82, 2.24) is 10.6 Å². The summed E-state index contributed by atoms with van der Waals surface area (Å²) in [6, 6.07) is 5.51. The van der Waals surface area contributed by atoms with Crippen LogP contribution in [0.15, 0.2) is 17.5 Å². The minimum atomic E-state index is 0.498. The summed E-state index contributed by atoms with van der Waals surface area (Å²) >= 11 is 1.83. The first-order valence-electron chi connectivity index (χ1n) is 5.36. The van der Waals surface area contributed by atoms with Crippen LogP contribution in [-0.4, -0.2) is 19.1 Å². The van der Waals surface area contributed by atoms with E-state index in [0.717, 1.165) is 6.54 Å². The lowest BCUT2D eigenvalue weighted by atomic mass is 10.2. The summed E-state index contributed by atoms with van der Waals surface area (Å²) in [4.78, 5) is 1.43. The van der Waals surface area contributed by atoms with Gasteiger partial charge in [0, 0.05) is 23.5 Å². The molecule has 1 aliphatic rings. The predicted octanol–water partition coefficient (Wildman–Crippen LogP) is 2.15. The Bertz CT molecular complexity index is 252. The highest BCUT2D eigenvalue weighted by molar-refractivity contribution is 7.10. The molecule has 0 aliphatic carbocycles. The molecule has 1 aromatic rings. The highest BCUT2D eigenvalue weighted by Gasteiger charge is 2.14. The van der Waals surface area contributed by atoms with Crippen LogP contribution >= 0.6 is 11.3 Å². The molecule has 0 aromatic carbocycles. The van der Waals surface area contributed by atoms with Gasteiger partial charge in [0.25, 0.3) is 0 Å². The van der Waals surface area contributed by atoms with Gasteiger partial charge in [-0.2, -0.15) is 0 Å². The molecular weight excluding hydrogens is 192 g/mol. The second kappa shape index (κ2) is 4.91. The van der Waals surface area contributed by atoms with Gasteiger partial charge in [0.15, 0.2) is 0 Å². The molecule has 0 unspecified atom stereocenters. The topological polar surface area (TPSA) is 24.1 Å². The van der Waals surface area contributed by atoms with Gasteiger partial charge in [0.2, 0.25) is 0 Å². The first-order chi connectivity index (χ1) is 6.86. The zero-order valence-corrected chi connectivity index (χ0v) is 9.44. The van der Waals surface area contributed by atoms with Crippen molar-refractivity contribution < 1.29 is 0 Å². The maximum absolute atomic E-state index is 3.57. The Morgan fingerprint density at radius 3 is 3.29 bits per heavy atom. The first-order valence-corrected chi connectivity index (χ1v) is 6.24. The van der Waals surface area contributed by atoms with Crippen LogP contribution in [0, 0.1) is 0 Å². The third-order valence-electron chi connectivity index (χ3n) is 2.80. The number of hydrogen-bond acceptors (Lipinski definition) is 3. The normalized spacial score (nSPS) is 23.9. The van der Waals surface area contributed by atoms with Crippen LogP contribution in [-0.2, 0) is 0 Å². The molecule has 0 bridgehead atoms. The van der Waals surface area contributed by atoms with Crippen molar-refractivity contribution in [3.8, 4) is 0 Å². The standard InChI is InChI=1S/C11H18N2S/c1-9(11-5-3-7-14-11)13-8-10-4-2-6-12-10/h3,5,7,9-10,12-13H,2,4,6,8H2,1H3/t9-,10-/m1/s1. The van der Waals surface area contributed by atoms with E-state index in [1.54, 1.807) is 0 Å². The second-order valence-corrected chi connectivity index (χ2v) is 4.92. The van der Waals surface area contributed by atoms with Gasteiger partial charge in [-0.3, -0.25) is 0 Å². The Morgan fingerprint density at radius 1 is 1.71 bits per heavy atom. The molecule has 0 radical (unpaired) electrons. The fourth-order valence-corrected chi connectivity index (χ4v) is 2.65. The van der Waals surface area contributed by atoms with Crippen LogP contribution in [0.1, 0.15) is 30.7 Å². The molecule has 1 aliphatic heterocycles. The highest BCUT2D eigenvalue weighted by atomic mass is 32.1. The molecule has 0 spiro atoms. The lowest BCUT2D eigenvalue weighted by Gasteiger charge is -2.16. The van der Waals surface area contributed by atoms with Crippen LogP contribution in [0.5, 0.6) is 0 Å². The van der Waals surface area contributed by atoms with Crippen molar-refractivity contribution in [3.63, 3.8) is 0 Å². The van der Waals surface area contributed by atoms with Crippen molar-refractivity contribution in [2.75, 3.05) is 13.1 Å². The summed E-state index contributed by atoms with van der Waals surface area (Å²) in [6.45, 7) is 4.53. The molecule has 1 aromatic heterocycles. The minimum absolute atomic E-state index is 0.498. The van der Waals surface area contributed by atoms with Gasteiger partial charge in [-0.05, 0) is 37.8 Å². The molecule has 2 N–H and O–H groups in total. The quantitative estimate of drug-likeness (QED) is 0.795. The molecule has 2 nitrogen and oxygen atoms in total. The second-order valence-electron chi connectivity index (χ2n) is 3.94. The van der Waals surface area contributed by atoms with Gasteiger partial charge < -0.3 is 10.6 Å². The van der Waals surface area contributed by atoms with Crippen molar-refractivity contribution in [3.05, 3.63) is 22.4 Å². The van der Waals surface area contributed by atoms with E-state index in [1.165, 1.54) is 24.3 Å². The molecule has 2 rings (SSSR count). The van der Waals surface area contributed by atoms with Gasteiger partial charge in [0.05, 0.1) is 0 Å². The molecule has 0 saturated carbocycles. The maximum atomic E-state index is 3.57. The van der Waals surface area contributed by atoms with E-state index in [9.17, 15) is 0 Å². The predicted molar refractivity (Wildman–Crippen MR) is 61.8 cm³/mol. The van der Waals surface area contributed by atoms with E-state index < -0.39 is 0 Å². The smallest absolute Gasteiger partial charge is 0.0386 e. The Kier molecular flexibility index (Phi) is 3.56. The zero-order valence-electron chi connectivity index (χ0n) is 8.62. The van der Waals surface area contributed by atoms with Gasteiger partial charge in [-0.25, -0.2) is 0 Å². The lowest BCUT2D eigenvalue weighted by Crippen LogP contribution is -2.34. The summed E-state index contributed by atoms with van der Waals surface area (Å²) < 4.78 is 0. The number of nitrogens with one attached hydrogen (secondary N) is 2. The van der Waals surface area contributed by atoms with E-state index in [0.29, 0.717) is 12.1 Å². The molecule has 3 heteroatoms. The van der Waals surface area contributed by atoms with Crippen molar-refractivity contribution >= 4 is 11.3 Å². The van der Waals surface area contributed by atoms with E-state index in [1.807, 2.05) is 11.3 Å². The van der Waals surface area contributed by atoms with Gasteiger partial charge in [-0.1, -0.05) is 6.07 Å². The largest absolute Gasteiger partial charge is 0.313 e. The molecule has 1 fully saturated rings. The van der Waals surface area contributed by atoms with Gasteiger partial charge in [-0.15, -0.1) is 11.3 Å². The highest BCUT2D eigenvalue weighted by Crippen LogP contribution is 2.18. The monoisotopic (exact) mass is 210 g/mol. The fourth-order valence-electron chi connectivity index (χ4n) is 1.89. The molecule has 0 amide bonds. The summed E-state index contributed by atoms with van der Waals surface area (Å²) in [5, 5.41) is 9.21. The van der Waals surface area contributed by atoms with E-state index in [-0.39, 0.29) is 0 Å². The maximum Gasteiger partial charge on any atom is 0.0386 e. The number of hydrogen-bond donors (Lipinski definition) is 2. The number of thiophene rings is 1. The van der Waals surface area contributed by atoms with Crippen LogP contribution in [0.25, 0.3) is 0 Å². The van der Waals surface area contributed by atoms with Crippen molar-refractivity contribution in [2.45, 2.75) is 31.8 Å². The molecule has 78 valence electrons. The summed E-state index contributed by atoms with van der Waals surface area (Å²) in [5.74, 6) is 0. The first kappa shape index (κ1) is 10.1. The van der Waals surface area contributed by atoms with Crippen LogP contribution < -0.4 is 10.6 Å². The third kappa shape index (κ3) is 2.56. The molecule has 2 heterocycles. The van der Waals surface area contributed by atoms with Crippen LogP contribution in [0.2, 0.25) is 0 Å². The SMILES string of the molecule is C[C@@H](NC[C@H]1CCCN1)c1cccs1. The Morgan fingerprint density at radius 2 is 2.64 bits per heavy atom. The zero-order chi connectivity index (χ0) is 9.80. The van der Waals surface area contributed by atoms with Crippen molar-refractivity contribution in [1.29, 1.82) is 0 Å². The van der Waals surface area contributed by atoms with E-state index in [2.05, 4.69) is 35.1 Å². The molecule has 14 heavy (non-hydrogen) atoms. The summed E-state index contributed by atoms with van der Waals surface area (Å²) in [5.41, 5.74) is 0. The van der Waals surface area contributed by atoms with Crippen LogP contribution in [0.3, 0.4) is 0 Å². The molecule has 1 saturated heterocycles. The summed E-state index contributed by atoms with van der Waals surface area (Å²) in [6.07, 6.45) is 2.66. The number of rotatable bonds is 4. The van der Waals surface area contributed by atoms with Crippen LogP contribution in [0.4, 0.5) is 0 Å². The fraction of sp³-hybridized carbons (Fsp3) is 0.636. The Balaban J connectivity index is 1.74. The molecular formula is C11H18N2S. The lowest BCUT2D eigenvalue weighted by molar-refractivity contribution is 0.493.